The largest absolute Gasteiger partial charge is 0.504 e. The van der Waals surface area contributed by atoms with Crippen LogP contribution in [0.4, 0.5) is 4.79 Å². The van der Waals surface area contributed by atoms with Gasteiger partial charge >= 0.3 is 6.09 Å². The highest BCUT2D eigenvalue weighted by Gasteiger charge is 2.28. The molecule has 0 saturated heterocycles. The molecule has 188 valence electrons. The summed E-state index contributed by atoms with van der Waals surface area (Å²) in [6.45, 7) is 6.55. The molecule has 1 unspecified atom stereocenters. The van der Waals surface area contributed by atoms with E-state index in [4.69, 9.17) is 4.74 Å². The summed E-state index contributed by atoms with van der Waals surface area (Å²) in [5, 5.41) is 20.2. The molecular weight excluding hydrogens is 456 g/mol. The molecule has 1 atom stereocenters. The number of phenolic OH excluding ortho intramolecular Hbond substituents is 1. The van der Waals surface area contributed by atoms with Crippen LogP contribution in [-0.2, 0) is 23.1 Å². The summed E-state index contributed by atoms with van der Waals surface area (Å²) in [6.07, 6.45) is 0.363. The zero-order valence-corrected chi connectivity index (χ0v) is 21.0. The zero-order chi connectivity index (χ0) is 25.1. The minimum atomic E-state index is -3.86. The van der Waals surface area contributed by atoms with Gasteiger partial charge in [-0.05, 0) is 36.0 Å². The summed E-state index contributed by atoms with van der Waals surface area (Å²) in [5.74, 6) is -0.214. The molecule has 9 heteroatoms. The Morgan fingerprint density at radius 2 is 1.76 bits per heavy atom. The number of aromatic hydroxyl groups is 1. The van der Waals surface area contributed by atoms with Crippen LogP contribution in [0, 0.1) is 5.92 Å². The second-order valence-electron chi connectivity index (χ2n) is 8.45. The van der Waals surface area contributed by atoms with Gasteiger partial charge in [0.2, 0.25) is 10.0 Å². The van der Waals surface area contributed by atoms with Gasteiger partial charge in [0.1, 0.15) is 12.5 Å². The van der Waals surface area contributed by atoms with Crippen molar-refractivity contribution in [1.82, 2.24) is 9.21 Å². The monoisotopic (exact) mass is 492 g/mol. The van der Waals surface area contributed by atoms with Gasteiger partial charge in [-0.15, -0.1) is 0 Å². The third kappa shape index (κ3) is 8.22. The van der Waals surface area contributed by atoms with Crippen molar-refractivity contribution in [3.05, 3.63) is 59.7 Å². The van der Waals surface area contributed by atoms with Gasteiger partial charge in [0.05, 0.1) is 0 Å². The average molecular weight is 493 g/mol. The first-order chi connectivity index (χ1) is 16.2. The first-order valence-electron chi connectivity index (χ1n) is 11.6. The van der Waals surface area contributed by atoms with E-state index in [2.05, 4.69) is 0 Å². The third-order valence-electron chi connectivity index (χ3n) is 5.64. The molecule has 34 heavy (non-hydrogen) atoms. The lowest BCUT2D eigenvalue weighted by molar-refractivity contribution is 0.145. The number of nitrogens with zero attached hydrogens (tertiary/aromatic N) is 2. The summed E-state index contributed by atoms with van der Waals surface area (Å²) in [7, 11) is -3.86. The number of ether oxygens (including phenoxy) is 1. The number of amides is 1. The molecule has 0 saturated carbocycles. The number of phenols is 1. The minimum absolute atomic E-state index is 0.0174. The van der Waals surface area contributed by atoms with Crippen LogP contribution >= 0.6 is 0 Å². The molecule has 0 heterocycles. The zero-order valence-electron chi connectivity index (χ0n) is 20.2. The van der Waals surface area contributed by atoms with Crippen LogP contribution in [0.3, 0.4) is 0 Å². The maximum absolute atomic E-state index is 13.1. The van der Waals surface area contributed by atoms with Gasteiger partial charge in [-0.1, -0.05) is 69.7 Å². The van der Waals surface area contributed by atoms with E-state index in [1.165, 1.54) is 4.31 Å². The fourth-order valence-electron chi connectivity index (χ4n) is 3.48. The molecular formula is C25H36N2O6S. The molecule has 0 bridgehead atoms. The average Bonchev–Trinajstić information content (AvgIpc) is 2.81. The maximum Gasteiger partial charge on any atom is 0.408 e. The number of para-hydroxylation sites is 1. The lowest BCUT2D eigenvalue weighted by Crippen LogP contribution is -2.44. The van der Waals surface area contributed by atoms with Gasteiger partial charge < -0.3 is 14.9 Å². The van der Waals surface area contributed by atoms with E-state index in [9.17, 15) is 23.4 Å². The smallest absolute Gasteiger partial charge is 0.408 e. The standard InChI is InChI=1S/C25H36N2O6S/c1-4-15-27(34(31,32)19-26(25(29)30)17-20(3)5-2)16-14-22-12-9-13-23(24(22)28)33-18-21-10-7-6-8-11-21/h6-13,20,28H,4-5,14-19H2,1-3H3,(H,29,30). The quantitative estimate of drug-likeness (QED) is 0.401. The van der Waals surface area contributed by atoms with Crippen LogP contribution in [0.2, 0.25) is 0 Å². The van der Waals surface area contributed by atoms with E-state index in [-0.39, 0.29) is 37.7 Å². The van der Waals surface area contributed by atoms with Gasteiger partial charge in [-0.25, -0.2) is 17.5 Å². The van der Waals surface area contributed by atoms with Gasteiger partial charge in [0.15, 0.2) is 11.5 Å². The van der Waals surface area contributed by atoms with Crippen LogP contribution in [0.15, 0.2) is 48.5 Å². The molecule has 0 fully saturated rings. The van der Waals surface area contributed by atoms with Crippen molar-refractivity contribution < 1.29 is 28.2 Å². The third-order valence-corrected chi connectivity index (χ3v) is 7.43. The van der Waals surface area contributed by atoms with E-state index in [1.807, 2.05) is 51.1 Å². The topological polar surface area (TPSA) is 107 Å². The van der Waals surface area contributed by atoms with Crippen LogP contribution in [-0.4, -0.2) is 59.4 Å². The van der Waals surface area contributed by atoms with Crippen LogP contribution < -0.4 is 4.74 Å². The Hall–Kier alpha value is -2.78. The number of carbonyl (C=O) groups is 1. The van der Waals surface area contributed by atoms with Crippen LogP contribution in [0.1, 0.15) is 44.7 Å². The first kappa shape index (κ1) is 27.5. The van der Waals surface area contributed by atoms with Gasteiger partial charge in [-0.3, -0.25) is 4.90 Å². The second-order valence-corrected chi connectivity index (χ2v) is 10.4. The molecule has 0 radical (unpaired) electrons. The number of hydrogen-bond donors (Lipinski definition) is 2. The lowest BCUT2D eigenvalue weighted by Gasteiger charge is -2.27. The predicted molar refractivity (Wildman–Crippen MR) is 132 cm³/mol. The Kier molecular flexibility index (Phi) is 10.7. The number of rotatable bonds is 14. The normalized spacial score (nSPS) is 12.5. The molecule has 0 aliphatic heterocycles. The molecule has 2 aromatic rings. The van der Waals surface area contributed by atoms with Crippen molar-refractivity contribution in [2.24, 2.45) is 5.92 Å². The van der Waals surface area contributed by atoms with E-state index >= 15 is 0 Å². The summed E-state index contributed by atoms with van der Waals surface area (Å²) in [4.78, 5) is 12.6. The SMILES string of the molecule is CCCN(CCc1cccc(OCc2ccccc2)c1O)S(=O)(=O)CN(CC(C)CC)C(=O)O. The van der Waals surface area contributed by atoms with Crippen LogP contribution in [0.5, 0.6) is 11.5 Å². The summed E-state index contributed by atoms with van der Waals surface area (Å²) < 4.78 is 33.2. The Bertz CT molecular complexity index is 1010. The van der Waals surface area contributed by atoms with Gasteiger partial charge in [0.25, 0.3) is 0 Å². The predicted octanol–water partition coefficient (Wildman–Crippen LogP) is 4.54. The summed E-state index contributed by atoms with van der Waals surface area (Å²) in [6, 6.07) is 14.7. The highest BCUT2D eigenvalue weighted by Crippen LogP contribution is 2.31. The van der Waals surface area contributed by atoms with Crippen LogP contribution in [0.25, 0.3) is 0 Å². The van der Waals surface area contributed by atoms with Gasteiger partial charge in [-0.2, -0.15) is 0 Å². The Morgan fingerprint density at radius 1 is 1.06 bits per heavy atom. The Morgan fingerprint density at radius 3 is 2.38 bits per heavy atom. The maximum atomic E-state index is 13.1. The first-order valence-corrected chi connectivity index (χ1v) is 13.2. The Balaban J connectivity index is 2.09. The highest BCUT2D eigenvalue weighted by molar-refractivity contribution is 7.89. The van der Waals surface area contributed by atoms with Crippen molar-refractivity contribution >= 4 is 16.1 Å². The van der Waals surface area contributed by atoms with E-state index in [0.29, 0.717) is 24.3 Å². The molecule has 0 aliphatic rings. The number of hydrogen-bond acceptors (Lipinski definition) is 5. The molecule has 2 aromatic carbocycles. The second kappa shape index (κ2) is 13.2. The minimum Gasteiger partial charge on any atom is -0.504 e. The molecule has 2 rings (SSSR count). The van der Waals surface area contributed by atoms with Crippen molar-refractivity contribution in [1.29, 1.82) is 0 Å². The Labute approximate surface area is 202 Å². The van der Waals surface area contributed by atoms with Crippen molar-refractivity contribution in [3.8, 4) is 11.5 Å². The molecule has 1 amide bonds. The highest BCUT2D eigenvalue weighted by atomic mass is 32.2. The number of carboxylic acid groups (broad SMARTS) is 1. The molecule has 0 spiro atoms. The fourth-order valence-corrected chi connectivity index (χ4v) is 5.08. The number of sulfonamides is 1. The fraction of sp³-hybridized carbons (Fsp3) is 0.480. The van der Waals surface area contributed by atoms with E-state index < -0.39 is 22.0 Å². The molecule has 8 nitrogen and oxygen atoms in total. The number of benzene rings is 2. The van der Waals surface area contributed by atoms with Gasteiger partial charge in [0, 0.05) is 19.6 Å². The van der Waals surface area contributed by atoms with Crippen molar-refractivity contribution in [2.75, 3.05) is 25.5 Å². The molecule has 0 aromatic heterocycles. The van der Waals surface area contributed by atoms with E-state index in [1.54, 1.807) is 18.2 Å². The van der Waals surface area contributed by atoms with Crippen molar-refractivity contribution in [3.63, 3.8) is 0 Å². The van der Waals surface area contributed by atoms with E-state index in [0.717, 1.165) is 16.9 Å². The lowest BCUT2D eigenvalue weighted by atomic mass is 10.1. The molecule has 0 aliphatic carbocycles. The summed E-state index contributed by atoms with van der Waals surface area (Å²) >= 11 is 0. The summed E-state index contributed by atoms with van der Waals surface area (Å²) in [5.41, 5.74) is 1.53. The molecule has 2 N–H and O–H groups in total. The van der Waals surface area contributed by atoms with Crippen molar-refractivity contribution in [2.45, 2.75) is 46.6 Å².